The van der Waals surface area contributed by atoms with E-state index in [0.717, 1.165) is 19.3 Å². The Balaban J connectivity index is 1.98. The fourth-order valence-corrected chi connectivity index (χ4v) is 4.46. The Kier molecular flexibility index (Phi) is 14.3. The third-order valence-corrected chi connectivity index (χ3v) is 6.65. The molecule has 0 saturated carbocycles. The lowest BCUT2D eigenvalue weighted by Gasteiger charge is -2.26. The van der Waals surface area contributed by atoms with E-state index in [1.807, 2.05) is 13.8 Å². The highest BCUT2D eigenvalue weighted by Gasteiger charge is 2.24. The van der Waals surface area contributed by atoms with Gasteiger partial charge in [-0.1, -0.05) is 23.4 Å². The molecule has 1 N–H and O–H groups in total. The van der Waals surface area contributed by atoms with Crippen molar-refractivity contribution in [2.45, 2.75) is 71.5 Å². The molecule has 232 valence electrons. The summed E-state index contributed by atoms with van der Waals surface area (Å²) in [6.45, 7) is 7.54. The Morgan fingerprint density at radius 1 is 1.05 bits per heavy atom. The molecule has 11 nitrogen and oxygen atoms in total. The van der Waals surface area contributed by atoms with Crippen molar-refractivity contribution in [1.29, 1.82) is 0 Å². The fourth-order valence-electron chi connectivity index (χ4n) is 4.46. The highest BCUT2D eigenvalue weighted by atomic mass is 16.7. The summed E-state index contributed by atoms with van der Waals surface area (Å²) in [6.07, 6.45) is 9.71. The zero-order chi connectivity index (χ0) is 30.2. The third-order valence-electron chi connectivity index (χ3n) is 6.65. The minimum absolute atomic E-state index is 0.00840. The van der Waals surface area contributed by atoms with Gasteiger partial charge in [0.1, 0.15) is 23.2 Å². The number of nitrogens with zero attached hydrogens (tertiary/aromatic N) is 2. The lowest BCUT2D eigenvalue weighted by atomic mass is 9.99. The molecule has 0 radical (unpaired) electrons. The highest BCUT2D eigenvalue weighted by Crippen LogP contribution is 2.32. The van der Waals surface area contributed by atoms with Crippen LogP contribution in [-0.4, -0.2) is 86.3 Å². The predicted molar refractivity (Wildman–Crippen MR) is 157 cm³/mol. The number of cyclic esters (lactones) is 1. The predicted octanol–water partition coefficient (Wildman–Crippen LogP) is 4.17. The SMILES string of the molecule is CCOCOc1cc2c(c(OCOCC)c1)C(=O)OC(C)CC=CC(O)CC=CC(=NOCC(=O)N1CCCCC1)C2. The van der Waals surface area contributed by atoms with Crippen LogP contribution in [0.5, 0.6) is 11.5 Å². The second-order valence-corrected chi connectivity index (χ2v) is 10.0. The molecule has 2 unspecified atom stereocenters. The van der Waals surface area contributed by atoms with Gasteiger partial charge in [-0.2, -0.15) is 0 Å². The molecule has 3 rings (SSSR count). The quantitative estimate of drug-likeness (QED) is 0.133. The molecule has 2 atom stereocenters. The van der Waals surface area contributed by atoms with Crippen molar-refractivity contribution in [3.63, 3.8) is 0 Å². The van der Waals surface area contributed by atoms with E-state index in [0.29, 0.717) is 56.2 Å². The topological polar surface area (TPSA) is 125 Å². The average molecular weight is 589 g/mol. The van der Waals surface area contributed by atoms with Gasteiger partial charge in [-0.05, 0) is 64.2 Å². The Bertz CT molecular complexity index is 1100. The normalized spacial score (nSPS) is 20.9. The van der Waals surface area contributed by atoms with Crippen LogP contribution in [0.15, 0.2) is 41.6 Å². The van der Waals surface area contributed by atoms with Gasteiger partial charge in [-0.3, -0.25) is 4.79 Å². The number of allylic oxidation sites excluding steroid dienone is 1. The third kappa shape index (κ3) is 11.1. The van der Waals surface area contributed by atoms with E-state index < -0.39 is 18.2 Å². The molecule has 11 heteroatoms. The smallest absolute Gasteiger partial charge is 0.342 e. The fraction of sp³-hybridized carbons (Fsp3) is 0.581. The first-order valence-corrected chi connectivity index (χ1v) is 14.7. The number of hydrogen-bond donors (Lipinski definition) is 1. The van der Waals surface area contributed by atoms with Crippen molar-refractivity contribution in [2.24, 2.45) is 5.16 Å². The molecular formula is C31H44N2O9. The van der Waals surface area contributed by atoms with Crippen LogP contribution in [0.1, 0.15) is 68.8 Å². The molecule has 2 heterocycles. The van der Waals surface area contributed by atoms with Crippen molar-refractivity contribution in [3.8, 4) is 11.5 Å². The van der Waals surface area contributed by atoms with Crippen LogP contribution in [-0.2, 0) is 30.3 Å². The maximum absolute atomic E-state index is 13.5. The van der Waals surface area contributed by atoms with Gasteiger partial charge < -0.3 is 38.5 Å². The summed E-state index contributed by atoms with van der Waals surface area (Å²) < 4.78 is 28.1. The molecule has 1 amide bonds. The summed E-state index contributed by atoms with van der Waals surface area (Å²) in [6, 6.07) is 3.30. The number of likely N-dealkylation sites (tertiary alicyclic amines) is 1. The van der Waals surface area contributed by atoms with E-state index in [-0.39, 0.29) is 43.8 Å². The molecule has 1 saturated heterocycles. The lowest BCUT2D eigenvalue weighted by Crippen LogP contribution is -2.37. The Hall–Kier alpha value is -3.41. The number of aliphatic hydroxyl groups excluding tert-OH is 1. The molecule has 2 aliphatic rings. The number of carbonyl (C=O) groups is 2. The first-order chi connectivity index (χ1) is 20.4. The molecule has 0 bridgehead atoms. The average Bonchev–Trinajstić information content (AvgIpc) is 2.97. The van der Waals surface area contributed by atoms with Crippen LogP contribution in [0.25, 0.3) is 0 Å². The zero-order valence-electron chi connectivity index (χ0n) is 24.9. The minimum atomic E-state index is -0.723. The van der Waals surface area contributed by atoms with Crippen molar-refractivity contribution in [3.05, 3.63) is 47.6 Å². The van der Waals surface area contributed by atoms with Gasteiger partial charge in [0.25, 0.3) is 5.91 Å². The zero-order valence-corrected chi connectivity index (χ0v) is 24.9. The van der Waals surface area contributed by atoms with Crippen LogP contribution >= 0.6 is 0 Å². The summed E-state index contributed by atoms with van der Waals surface area (Å²) in [5, 5.41) is 14.6. The summed E-state index contributed by atoms with van der Waals surface area (Å²) in [7, 11) is 0. The van der Waals surface area contributed by atoms with Gasteiger partial charge in [0.2, 0.25) is 0 Å². The molecule has 1 fully saturated rings. The van der Waals surface area contributed by atoms with Crippen LogP contribution in [0.3, 0.4) is 0 Å². The number of carbonyl (C=O) groups excluding carboxylic acids is 2. The molecule has 1 aromatic rings. The number of piperidine rings is 1. The molecule has 42 heavy (non-hydrogen) atoms. The number of oxime groups is 1. The van der Waals surface area contributed by atoms with Crippen molar-refractivity contribution in [1.82, 2.24) is 4.90 Å². The number of aliphatic hydroxyl groups is 1. The monoisotopic (exact) mass is 588 g/mol. The van der Waals surface area contributed by atoms with E-state index in [4.69, 9.17) is 28.5 Å². The van der Waals surface area contributed by atoms with Crippen LogP contribution in [0.2, 0.25) is 0 Å². The number of ether oxygens (including phenoxy) is 5. The second-order valence-electron chi connectivity index (χ2n) is 10.0. The summed E-state index contributed by atoms with van der Waals surface area (Å²) in [5.41, 5.74) is 1.14. The van der Waals surface area contributed by atoms with E-state index in [1.165, 1.54) is 0 Å². The molecular weight excluding hydrogens is 544 g/mol. The first kappa shape index (κ1) is 33.1. The van der Waals surface area contributed by atoms with Crippen LogP contribution < -0.4 is 9.47 Å². The van der Waals surface area contributed by atoms with Gasteiger partial charge >= 0.3 is 5.97 Å². The van der Waals surface area contributed by atoms with Gasteiger partial charge in [-0.25, -0.2) is 4.79 Å². The summed E-state index contributed by atoms with van der Waals surface area (Å²) in [5.74, 6) is -0.0673. The lowest BCUT2D eigenvalue weighted by molar-refractivity contribution is -0.137. The van der Waals surface area contributed by atoms with E-state index in [2.05, 4.69) is 5.16 Å². The molecule has 2 aliphatic heterocycles. The minimum Gasteiger partial charge on any atom is -0.467 e. The van der Waals surface area contributed by atoms with Crippen molar-refractivity contribution < 1.29 is 43.2 Å². The van der Waals surface area contributed by atoms with Crippen molar-refractivity contribution >= 4 is 17.6 Å². The first-order valence-electron chi connectivity index (χ1n) is 14.7. The molecule has 0 aliphatic carbocycles. The Labute approximate surface area is 248 Å². The Morgan fingerprint density at radius 2 is 1.79 bits per heavy atom. The molecule has 0 spiro atoms. The van der Waals surface area contributed by atoms with Gasteiger partial charge in [0.15, 0.2) is 20.2 Å². The Morgan fingerprint density at radius 3 is 2.52 bits per heavy atom. The van der Waals surface area contributed by atoms with Gasteiger partial charge in [0, 0.05) is 45.2 Å². The number of rotatable bonds is 11. The number of esters is 1. The number of fused-ring (bicyclic) bond motifs is 1. The van der Waals surface area contributed by atoms with Crippen LogP contribution in [0, 0.1) is 0 Å². The molecule has 1 aromatic carbocycles. The van der Waals surface area contributed by atoms with E-state index in [1.54, 1.807) is 48.3 Å². The second kappa shape index (κ2) is 18.2. The summed E-state index contributed by atoms with van der Waals surface area (Å²) >= 11 is 0. The number of hydrogen-bond acceptors (Lipinski definition) is 10. The van der Waals surface area contributed by atoms with E-state index >= 15 is 0 Å². The summed E-state index contributed by atoms with van der Waals surface area (Å²) in [4.78, 5) is 33.5. The van der Waals surface area contributed by atoms with Gasteiger partial charge in [-0.15, -0.1) is 0 Å². The maximum atomic E-state index is 13.5. The van der Waals surface area contributed by atoms with Gasteiger partial charge in [0.05, 0.1) is 11.8 Å². The standard InChI is InChI=1S/C31H44N2O9/c1-4-37-21-39-27-18-24-17-25(32-41-20-29(35)33-15-7-6-8-16-33)12-10-14-26(34)13-9-11-23(3)42-31(36)30(24)28(19-27)40-22-38-5-2/h9-10,12-13,18-19,23,26,34H,4-8,11,14-17,20-22H2,1-3H3. The number of amides is 1. The van der Waals surface area contributed by atoms with E-state index in [9.17, 15) is 14.7 Å². The molecule has 0 aromatic heterocycles. The van der Waals surface area contributed by atoms with Crippen molar-refractivity contribution in [2.75, 3.05) is 46.5 Å². The maximum Gasteiger partial charge on any atom is 0.342 e. The largest absolute Gasteiger partial charge is 0.467 e. The number of benzene rings is 1. The highest BCUT2D eigenvalue weighted by molar-refractivity contribution is 6.00. The van der Waals surface area contributed by atoms with Crippen LogP contribution in [0.4, 0.5) is 0 Å².